The Morgan fingerprint density at radius 2 is 1.15 bits per heavy atom. The molecule has 6 amide bonds. The van der Waals surface area contributed by atoms with Crippen molar-refractivity contribution in [1.82, 2.24) is 16.0 Å². The summed E-state index contributed by atoms with van der Waals surface area (Å²) in [5, 5.41) is 15.7. The minimum absolute atomic E-state index is 0.0417. The van der Waals surface area contributed by atoms with Gasteiger partial charge in [0.05, 0.1) is 25.3 Å². The van der Waals surface area contributed by atoms with E-state index in [4.69, 9.17) is 28.0 Å². The molecule has 0 saturated heterocycles. The number of nitrogens with two attached hydrogens (primary N) is 4. The minimum Gasteiger partial charge on any atom is -0.480 e. The van der Waals surface area contributed by atoms with E-state index in [-0.39, 0.29) is 6.42 Å². The topological polar surface area (TPSA) is 280 Å². The van der Waals surface area contributed by atoms with Crippen molar-refractivity contribution in [2.24, 2.45) is 22.9 Å². The molecule has 0 radical (unpaired) electrons. The van der Waals surface area contributed by atoms with Crippen LogP contribution in [-0.2, 0) is 33.6 Å². The fourth-order valence-corrected chi connectivity index (χ4v) is 2.92. The van der Waals surface area contributed by atoms with Crippen LogP contribution in [0.4, 0.5) is 0 Å². The summed E-state index contributed by atoms with van der Waals surface area (Å²) in [5.41, 5.74) is 20.6. The van der Waals surface area contributed by atoms with Crippen molar-refractivity contribution in [3.8, 4) is 0 Å². The second-order valence-corrected chi connectivity index (χ2v) is 7.91. The number of amides is 6. The van der Waals surface area contributed by atoms with Gasteiger partial charge in [0.2, 0.25) is 35.4 Å². The number of thioether (sulfide) groups is 1. The van der Waals surface area contributed by atoms with Crippen molar-refractivity contribution in [1.29, 1.82) is 0 Å². The summed E-state index contributed by atoms with van der Waals surface area (Å²) in [6.07, 6.45) is -0.0915. The lowest BCUT2D eigenvalue weighted by Crippen LogP contribution is -2.58. The molecule has 0 heterocycles. The fraction of sp³-hybridized carbons (Fsp3) is 0.588. The van der Waals surface area contributed by atoms with Gasteiger partial charge in [0.1, 0.15) is 18.1 Å². The standard InChI is InChI=1S/C17H29N7O8S/c1-33-3-2-8(15(29)24-10(17(31)32)6-13(21)27)22-16(30)9(5-12(20)26)23-14(28)7(18)4-11(19)25/h7-10H,2-6,18H2,1H3,(H2,19,25)(H2,20,26)(H2,21,27)(H,22,30)(H,23,28)(H,24,29)(H,31,32)/t7-,8-,9-,10-/m0/s1. The molecule has 0 aromatic rings. The quantitative estimate of drug-likeness (QED) is 0.102. The summed E-state index contributed by atoms with van der Waals surface area (Å²) in [4.78, 5) is 82.0. The molecule has 0 aromatic carbocycles. The van der Waals surface area contributed by atoms with Gasteiger partial charge >= 0.3 is 5.97 Å². The van der Waals surface area contributed by atoms with Crippen LogP contribution in [-0.4, -0.2) is 82.7 Å². The van der Waals surface area contributed by atoms with E-state index < -0.39 is 84.8 Å². The van der Waals surface area contributed by atoms with Crippen LogP contribution in [0.25, 0.3) is 0 Å². The van der Waals surface area contributed by atoms with Crippen LogP contribution in [0, 0.1) is 0 Å². The highest BCUT2D eigenvalue weighted by Gasteiger charge is 2.31. The first-order valence-corrected chi connectivity index (χ1v) is 10.9. The largest absolute Gasteiger partial charge is 0.480 e. The summed E-state index contributed by atoms with van der Waals surface area (Å²) in [5.74, 6) is -6.83. The maximum absolute atomic E-state index is 12.7. The first-order chi connectivity index (χ1) is 15.3. The Bertz CT molecular complexity index is 778. The maximum atomic E-state index is 12.7. The van der Waals surface area contributed by atoms with Crippen molar-refractivity contribution in [2.75, 3.05) is 12.0 Å². The van der Waals surface area contributed by atoms with Crippen molar-refractivity contribution in [3.63, 3.8) is 0 Å². The van der Waals surface area contributed by atoms with Crippen LogP contribution < -0.4 is 38.9 Å². The first-order valence-electron chi connectivity index (χ1n) is 9.51. The van der Waals surface area contributed by atoms with Gasteiger partial charge in [-0.25, -0.2) is 4.79 Å². The molecule has 16 heteroatoms. The smallest absolute Gasteiger partial charge is 0.326 e. The Labute approximate surface area is 193 Å². The van der Waals surface area contributed by atoms with E-state index in [1.54, 1.807) is 6.26 Å². The van der Waals surface area contributed by atoms with Gasteiger partial charge in [-0.15, -0.1) is 0 Å². The molecular formula is C17H29N7O8S. The molecule has 186 valence electrons. The monoisotopic (exact) mass is 491 g/mol. The van der Waals surface area contributed by atoms with Crippen LogP contribution in [0.5, 0.6) is 0 Å². The lowest BCUT2D eigenvalue weighted by atomic mass is 10.1. The molecule has 0 unspecified atom stereocenters. The summed E-state index contributed by atoms with van der Waals surface area (Å²) in [6.45, 7) is 0. The van der Waals surface area contributed by atoms with Crippen molar-refractivity contribution >= 4 is 53.2 Å². The van der Waals surface area contributed by atoms with Gasteiger partial charge in [-0.3, -0.25) is 28.8 Å². The van der Waals surface area contributed by atoms with Gasteiger partial charge in [0.25, 0.3) is 0 Å². The van der Waals surface area contributed by atoms with E-state index in [1.807, 2.05) is 0 Å². The van der Waals surface area contributed by atoms with Crippen molar-refractivity contribution in [3.05, 3.63) is 0 Å². The number of primary amides is 3. The Morgan fingerprint density at radius 3 is 1.61 bits per heavy atom. The second kappa shape index (κ2) is 14.6. The SMILES string of the molecule is CSCC[C@H](NC(=O)[C@H](CC(N)=O)NC(=O)[C@@H](N)CC(N)=O)C(=O)N[C@@H](CC(N)=O)C(=O)O. The Hall–Kier alpha value is -3.40. The average Bonchev–Trinajstić information content (AvgIpc) is 2.68. The molecule has 15 nitrogen and oxygen atoms in total. The lowest BCUT2D eigenvalue weighted by Gasteiger charge is -2.24. The van der Waals surface area contributed by atoms with Crippen LogP contribution in [0.1, 0.15) is 25.7 Å². The molecule has 0 aliphatic carbocycles. The number of hydrogen-bond acceptors (Lipinski definition) is 9. The zero-order valence-corrected chi connectivity index (χ0v) is 18.7. The second-order valence-electron chi connectivity index (χ2n) is 6.92. The third kappa shape index (κ3) is 12.3. The average molecular weight is 492 g/mol. The summed E-state index contributed by atoms with van der Waals surface area (Å²) < 4.78 is 0. The van der Waals surface area contributed by atoms with Gasteiger partial charge in [0.15, 0.2) is 0 Å². The molecule has 0 spiro atoms. The molecule has 0 saturated carbocycles. The highest BCUT2D eigenvalue weighted by Crippen LogP contribution is 2.05. The van der Waals surface area contributed by atoms with E-state index in [9.17, 15) is 33.6 Å². The summed E-state index contributed by atoms with van der Waals surface area (Å²) in [6, 6.07) is -5.85. The Morgan fingerprint density at radius 1 is 0.727 bits per heavy atom. The van der Waals surface area contributed by atoms with E-state index in [0.717, 1.165) is 0 Å². The normalized spacial score (nSPS) is 14.1. The molecule has 4 atom stereocenters. The summed E-state index contributed by atoms with van der Waals surface area (Å²) >= 11 is 1.32. The van der Waals surface area contributed by atoms with Crippen LogP contribution in [0.2, 0.25) is 0 Å². The first kappa shape index (κ1) is 29.6. The molecular weight excluding hydrogens is 462 g/mol. The number of carbonyl (C=O) groups excluding carboxylic acids is 6. The van der Waals surface area contributed by atoms with E-state index in [1.165, 1.54) is 11.8 Å². The predicted octanol–water partition coefficient (Wildman–Crippen LogP) is -4.77. The predicted molar refractivity (Wildman–Crippen MR) is 116 cm³/mol. The van der Waals surface area contributed by atoms with Crippen molar-refractivity contribution < 1.29 is 38.7 Å². The number of carboxylic acids is 1. The van der Waals surface area contributed by atoms with Crippen molar-refractivity contribution in [2.45, 2.75) is 49.9 Å². The third-order valence-electron chi connectivity index (χ3n) is 4.06. The van der Waals surface area contributed by atoms with Crippen LogP contribution >= 0.6 is 11.8 Å². The zero-order chi connectivity index (χ0) is 25.7. The third-order valence-corrected chi connectivity index (χ3v) is 4.70. The Balaban J connectivity index is 5.51. The lowest BCUT2D eigenvalue weighted by molar-refractivity contribution is -0.143. The number of aliphatic carboxylic acids is 1. The van der Waals surface area contributed by atoms with E-state index >= 15 is 0 Å². The highest BCUT2D eigenvalue weighted by molar-refractivity contribution is 7.98. The summed E-state index contributed by atoms with van der Waals surface area (Å²) in [7, 11) is 0. The molecule has 0 fully saturated rings. The van der Waals surface area contributed by atoms with Crippen LogP contribution in [0.15, 0.2) is 0 Å². The van der Waals surface area contributed by atoms with E-state index in [2.05, 4.69) is 16.0 Å². The van der Waals surface area contributed by atoms with Crippen LogP contribution in [0.3, 0.4) is 0 Å². The highest BCUT2D eigenvalue weighted by atomic mass is 32.2. The molecule has 0 aromatic heterocycles. The van der Waals surface area contributed by atoms with Gasteiger partial charge in [-0.05, 0) is 18.4 Å². The van der Waals surface area contributed by atoms with Gasteiger partial charge in [0, 0.05) is 0 Å². The minimum atomic E-state index is -1.63. The molecule has 12 N–H and O–H groups in total. The van der Waals surface area contributed by atoms with E-state index in [0.29, 0.717) is 5.75 Å². The van der Waals surface area contributed by atoms with Gasteiger partial charge < -0.3 is 44.0 Å². The van der Waals surface area contributed by atoms with Gasteiger partial charge in [-0.2, -0.15) is 11.8 Å². The number of carbonyl (C=O) groups is 7. The molecule has 33 heavy (non-hydrogen) atoms. The molecule has 0 aliphatic rings. The zero-order valence-electron chi connectivity index (χ0n) is 17.9. The fourth-order valence-electron chi connectivity index (χ4n) is 2.45. The number of nitrogens with one attached hydrogen (secondary N) is 3. The number of carboxylic acid groups (broad SMARTS) is 1. The number of rotatable bonds is 16. The van der Waals surface area contributed by atoms with Gasteiger partial charge in [-0.1, -0.05) is 0 Å². The molecule has 0 bridgehead atoms. The molecule has 0 rings (SSSR count). The molecule has 0 aliphatic heterocycles. The number of hydrogen-bond donors (Lipinski definition) is 8. The Kier molecular flexibility index (Phi) is 13.1. The maximum Gasteiger partial charge on any atom is 0.326 e.